The summed E-state index contributed by atoms with van der Waals surface area (Å²) in [5, 5.41) is 11.7. The van der Waals surface area contributed by atoms with Gasteiger partial charge in [0.25, 0.3) is 0 Å². The molecule has 114 valence electrons. The molecule has 1 aromatic rings. The molecule has 4 rings (SSSR count). The minimum Gasteiger partial charge on any atom is -0.378 e. The van der Waals surface area contributed by atoms with Gasteiger partial charge in [0, 0.05) is 18.6 Å². The molecule has 0 bridgehead atoms. The van der Waals surface area contributed by atoms with Crippen LogP contribution in [0.1, 0.15) is 62.6 Å². The Labute approximate surface area is 124 Å². The quantitative estimate of drug-likeness (QED) is 0.893. The Morgan fingerprint density at radius 1 is 1.29 bits per heavy atom. The van der Waals surface area contributed by atoms with E-state index in [1.54, 1.807) is 0 Å². The Hall–Kier alpha value is -1.43. The highest BCUT2D eigenvalue weighted by Crippen LogP contribution is 2.44. The second-order valence-electron chi connectivity index (χ2n) is 6.54. The van der Waals surface area contributed by atoms with Gasteiger partial charge in [-0.25, -0.2) is 0 Å². The van der Waals surface area contributed by atoms with E-state index >= 15 is 0 Å². The molecule has 2 atom stereocenters. The van der Waals surface area contributed by atoms with Gasteiger partial charge in [0.15, 0.2) is 5.82 Å². The first-order valence-corrected chi connectivity index (χ1v) is 8.07. The molecule has 6 nitrogen and oxygen atoms in total. The minimum absolute atomic E-state index is 0.0216. The fourth-order valence-corrected chi connectivity index (χ4v) is 3.18. The number of hydrogen-bond donors (Lipinski definition) is 1. The third-order valence-electron chi connectivity index (χ3n) is 4.78. The molecule has 0 unspecified atom stereocenters. The van der Waals surface area contributed by atoms with Crippen molar-refractivity contribution in [2.24, 2.45) is 5.92 Å². The Bertz CT molecular complexity index is 548. The molecule has 1 aliphatic heterocycles. The van der Waals surface area contributed by atoms with Gasteiger partial charge in [0.05, 0.1) is 18.6 Å². The monoisotopic (exact) mass is 290 g/mol. The van der Waals surface area contributed by atoms with Gasteiger partial charge in [-0.2, -0.15) is 0 Å². The molecule has 6 heteroatoms. The lowest BCUT2D eigenvalue weighted by Gasteiger charge is -2.14. The second-order valence-corrected chi connectivity index (χ2v) is 6.54. The van der Waals surface area contributed by atoms with Crippen molar-refractivity contribution in [3.8, 4) is 0 Å². The Balaban J connectivity index is 1.43. The highest BCUT2D eigenvalue weighted by Gasteiger charge is 2.36. The van der Waals surface area contributed by atoms with Crippen LogP contribution in [0.25, 0.3) is 0 Å². The highest BCUT2D eigenvalue weighted by atomic mass is 16.5. The summed E-state index contributed by atoms with van der Waals surface area (Å²) in [5.74, 6) is 2.72. The lowest BCUT2D eigenvalue weighted by atomic mass is 10.0. The summed E-state index contributed by atoms with van der Waals surface area (Å²) in [7, 11) is 0. The average molecular weight is 290 g/mol. The van der Waals surface area contributed by atoms with Crippen molar-refractivity contribution >= 4 is 5.91 Å². The van der Waals surface area contributed by atoms with Crippen LogP contribution in [0.4, 0.5) is 0 Å². The normalized spacial score (nSPS) is 28.8. The van der Waals surface area contributed by atoms with Crippen LogP contribution in [-0.2, 0) is 16.1 Å². The summed E-state index contributed by atoms with van der Waals surface area (Å²) in [5.41, 5.74) is 0. The SMILES string of the molecule is C[C@H]1OCC[C@@H]1C(=O)NCc1nnc(C2CC2)n1C1CC1. The Morgan fingerprint density at radius 2 is 2.10 bits per heavy atom. The van der Waals surface area contributed by atoms with E-state index in [2.05, 4.69) is 20.1 Å². The summed E-state index contributed by atoms with van der Waals surface area (Å²) in [6.07, 6.45) is 5.73. The maximum Gasteiger partial charge on any atom is 0.226 e. The predicted octanol–water partition coefficient (Wildman–Crippen LogP) is 1.53. The van der Waals surface area contributed by atoms with E-state index in [-0.39, 0.29) is 17.9 Å². The van der Waals surface area contributed by atoms with Crippen molar-refractivity contribution in [3.63, 3.8) is 0 Å². The number of aromatic nitrogens is 3. The number of nitrogens with one attached hydrogen (secondary N) is 1. The molecule has 0 radical (unpaired) electrons. The van der Waals surface area contributed by atoms with Gasteiger partial charge >= 0.3 is 0 Å². The summed E-state index contributed by atoms with van der Waals surface area (Å²) in [4.78, 5) is 12.2. The van der Waals surface area contributed by atoms with E-state index < -0.39 is 0 Å². The van der Waals surface area contributed by atoms with Gasteiger partial charge in [-0.1, -0.05) is 0 Å². The van der Waals surface area contributed by atoms with Crippen molar-refractivity contribution < 1.29 is 9.53 Å². The highest BCUT2D eigenvalue weighted by molar-refractivity contribution is 5.79. The third-order valence-corrected chi connectivity index (χ3v) is 4.78. The average Bonchev–Trinajstić information content (AvgIpc) is 3.40. The van der Waals surface area contributed by atoms with Crippen LogP contribution in [-0.4, -0.2) is 33.4 Å². The molecule has 3 fully saturated rings. The topological polar surface area (TPSA) is 69.0 Å². The molecular weight excluding hydrogens is 268 g/mol. The van der Waals surface area contributed by atoms with Crippen LogP contribution in [0.2, 0.25) is 0 Å². The number of nitrogens with zero attached hydrogens (tertiary/aromatic N) is 3. The maximum absolute atomic E-state index is 12.2. The maximum atomic E-state index is 12.2. The van der Waals surface area contributed by atoms with Crippen LogP contribution < -0.4 is 5.32 Å². The van der Waals surface area contributed by atoms with E-state index in [9.17, 15) is 4.79 Å². The largest absolute Gasteiger partial charge is 0.378 e. The predicted molar refractivity (Wildman–Crippen MR) is 75.6 cm³/mol. The Kier molecular flexibility index (Phi) is 3.21. The first-order valence-electron chi connectivity index (χ1n) is 8.07. The van der Waals surface area contributed by atoms with Gasteiger partial charge in [0.2, 0.25) is 5.91 Å². The number of hydrogen-bond acceptors (Lipinski definition) is 4. The lowest BCUT2D eigenvalue weighted by Crippen LogP contribution is -2.34. The van der Waals surface area contributed by atoms with Crippen molar-refractivity contribution in [2.75, 3.05) is 6.61 Å². The summed E-state index contributed by atoms with van der Waals surface area (Å²) in [6, 6.07) is 0.566. The van der Waals surface area contributed by atoms with E-state index in [4.69, 9.17) is 4.74 Å². The van der Waals surface area contributed by atoms with E-state index in [0.717, 1.165) is 18.1 Å². The molecular formula is C15H22N4O2. The van der Waals surface area contributed by atoms with Crippen molar-refractivity contribution in [1.29, 1.82) is 0 Å². The van der Waals surface area contributed by atoms with Crippen LogP contribution in [0.3, 0.4) is 0 Å². The molecule has 3 aliphatic rings. The van der Waals surface area contributed by atoms with Crippen molar-refractivity contribution in [1.82, 2.24) is 20.1 Å². The fourth-order valence-electron chi connectivity index (χ4n) is 3.18. The molecule has 0 spiro atoms. The molecule has 0 aromatic carbocycles. The molecule has 1 aromatic heterocycles. The van der Waals surface area contributed by atoms with Gasteiger partial charge in [-0.3, -0.25) is 4.79 Å². The third kappa shape index (κ3) is 2.57. The standard InChI is InChI=1S/C15H22N4O2/c1-9-12(6-7-21-9)15(20)16-8-13-17-18-14(10-2-3-10)19(13)11-4-5-11/h9-12H,2-8H2,1H3,(H,16,20)/t9-,12+/m1/s1. The van der Waals surface area contributed by atoms with Crippen molar-refractivity contribution in [3.05, 3.63) is 11.6 Å². The van der Waals surface area contributed by atoms with E-state index in [1.165, 1.54) is 25.7 Å². The molecule has 1 amide bonds. The smallest absolute Gasteiger partial charge is 0.226 e. The van der Waals surface area contributed by atoms with Gasteiger partial charge in [-0.05, 0) is 39.0 Å². The molecule has 2 aliphatic carbocycles. The van der Waals surface area contributed by atoms with Gasteiger partial charge in [0.1, 0.15) is 5.82 Å². The summed E-state index contributed by atoms with van der Waals surface area (Å²) in [6.45, 7) is 3.14. The number of carbonyl (C=O) groups excluding carboxylic acids is 1. The van der Waals surface area contributed by atoms with Crippen LogP contribution in [0, 0.1) is 5.92 Å². The number of carbonyl (C=O) groups is 1. The molecule has 1 N–H and O–H groups in total. The minimum atomic E-state index is -0.0230. The molecule has 21 heavy (non-hydrogen) atoms. The molecule has 1 saturated heterocycles. The summed E-state index contributed by atoms with van der Waals surface area (Å²) < 4.78 is 7.74. The zero-order valence-electron chi connectivity index (χ0n) is 12.4. The lowest BCUT2D eigenvalue weighted by molar-refractivity contribution is -0.126. The van der Waals surface area contributed by atoms with Crippen LogP contribution in [0.5, 0.6) is 0 Å². The molecule has 2 heterocycles. The number of rotatable bonds is 5. The van der Waals surface area contributed by atoms with E-state index in [0.29, 0.717) is 25.1 Å². The first kappa shape index (κ1) is 13.2. The fraction of sp³-hybridized carbons (Fsp3) is 0.800. The van der Waals surface area contributed by atoms with Crippen molar-refractivity contribution in [2.45, 2.75) is 63.6 Å². The van der Waals surface area contributed by atoms with E-state index in [1.807, 2.05) is 6.92 Å². The van der Waals surface area contributed by atoms with Crippen LogP contribution in [0.15, 0.2) is 0 Å². The molecule has 2 saturated carbocycles. The summed E-state index contributed by atoms with van der Waals surface area (Å²) >= 11 is 0. The number of ether oxygens (including phenoxy) is 1. The zero-order valence-corrected chi connectivity index (χ0v) is 12.4. The Morgan fingerprint density at radius 3 is 2.71 bits per heavy atom. The second kappa shape index (κ2) is 5.09. The first-order chi connectivity index (χ1) is 10.2. The zero-order chi connectivity index (χ0) is 14.4. The van der Waals surface area contributed by atoms with Gasteiger partial charge in [-0.15, -0.1) is 10.2 Å². The number of amides is 1. The van der Waals surface area contributed by atoms with Gasteiger partial charge < -0.3 is 14.6 Å². The van der Waals surface area contributed by atoms with Crippen LogP contribution >= 0.6 is 0 Å².